The lowest BCUT2D eigenvalue weighted by atomic mass is 10.3. The van der Waals surface area contributed by atoms with Crippen molar-refractivity contribution in [3.63, 3.8) is 0 Å². The van der Waals surface area contributed by atoms with E-state index in [2.05, 4.69) is 27.7 Å². The molecule has 0 radical (unpaired) electrons. The van der Waals surface area contributed by atoms with Gasteiger partial charge in [-0.3, -0.25) is 0 Å². The lowest BCUT2D eigenvalue weighted by Gasteiger charge is -2.34. The molecule has 0 saturated carbocycles. The number of carboxylic acid groups (broad SMARTS) is 2. The Morgan fingerprint density at radius 3 is 1.00 bits per heavy atom. The maximum absolute atomic E-state index is 9.10. The Balaban J connectivity index is -0.000000214. The maximum Gasteiger partial charge on any atom is 0.414 e. The second-order valence-corrected chi connectivity index (χ2v) is 3.22. The third kappa shape index (κ3) is 8.19. The van der Waals surface area contributed by atoms with Gasteiger partial charge in [0.05, 0.1) is 26.2 Å². The molecule has 0 fully saturated rings. The number of rotatable bonds is 4. The molecule has 0 aromatic rings. The molecule has 0 aromatic carbocycles. The fraction of sp³-hybridized carbons (Fsp3) is 0.800. The molecule has 0 aliphatic rings. The summed E-state index contributed by atoms with van der Waals surface area (Å²) in [4.78, 5) is 18.2. The monoisotopic (exact) mass is 237 g/mol. The molecular weight excluding hydrogens is 214 g/mol. The summed E-state index contributed by atoms with van der Waals surface area (Å²) in [6.45, 7) is 14.2. The number of hydrogen-bond donors (Lipinski definition) is 2. The predicted molar refractivity (Wildman–Crippen MR) is 59.6 cm³/mol. The first kappa shape index (κ1) is 20.3. The second kappa shape index (κ2) is 10.4. The largest absolute Gasteiger partial charge is 0.870 e. The topological polar surface area (TPSA) is 105 Å². The summed E-state index contributed by atoms with van der Waals surface area (Å²) in [5, 5.41) is 14.8. The van der Waals surface area contributed by atoms with Gasteiger partial charge in [-0.05, 0) is 27.7 Å². The van der Waals surface area contributed by atoms with E-state index in [1.165, 1.54) is 30.7 Å². The summed E-state index contributed by atoms with van der Waals surface area (Å²) < 4.78 is 1.28. The molecule has 0 heterocycles. The molecule has 0 bridgehead atoms. The molecule has 0 aliphatic carbocycles. The van der Waals surface area contributed by atoms with Gasteiger partial charge in [0.25, 0.3) is 0 Å². The van der Waals surface area contributed by atoms with Gasteiger partial charge in [0.1, 0.15) is 0 Å². The molecule has 0 aliphatic heterocycles. The highest BCUT2D eigenvalue weighted by molar-refractivity contribution is 6.27. The summed E-state index contributed by atoms with van der Waals surface area (Å²) in [5.41, 5.74) is 0. The normalized spacial score (nSPS) is 9.50. The average Bonchev–Trinajstić information content (AvgIpc) is 2.23. The summed E-state index contributed by atoms with van der Waals surface area (Å²) in [7, 11) is 0. The van der Waals surface area contributed by atoms with Crippen LogP contribution in [0.2, 0.25) is 0 Å². The van der Waals surface area contributed by atoms with Crippen LogP contribution in [0, 0.1) is 0 Å². The summed E-state index contributed by atoms with van der Waals surface area (Å²) in [6.07, 6.45) is 0. The van der Waals surface area contributed by atoms with Gasteiger partial charge in [-0.2, -0.15) is 0 Å². The number of hydrogen-bond acceptors (Lipinski definition) is 3. The standard InChI is InChI=1S/C8H20N.C2H2O4.H2O/c1-5-9(6-2,7-3)8-4;3-1(4)2(5)6;/h5-8H2,1-4H3;(H,3,4)(H,5,6);1H2/q+1;;/p-1. The van der Waals surface area contributed by atoms with E-state index in [1.54, 1.807) is 0 Å². The number of aliphatic carboxylic acids is 2. The van der Waals surface area contributed by atoms with Crippen LogP contribution in [0.3, 0.4) is 0 Å². The molecule has 0 aromatic heterocycles. The Bertz CT molecular complexity index is 172. The molecule has 6 heteroatoms. The van der Waals surface area contributed by atoms with E-state index in [0.29, 0.717) is 0 Å². The van der Waals surface area contributed by atoms with Gasteiger partial charge in [-0.1, -0.05) is 0 Å². The molecule has 0 atom stereocenters. The van der Waals surface area contributed by atoms with E-state index in [9.17, 15) is 0 Å². The molecule has 6 nitrogen and oxygen atoms in total. The van der Waals surface area contributed by atoms with Crippen molar-refractivity contribution in [3.8, 4) is 0 Å². The van der Waals surface area contributed by atoms with E-state index < -0.39 is 11.9 Å². The fourth-order valence-electron chi connectivity index (χ4n) is 1.34. The van der Waals surface area contributed by atoms with Crippen LogP contribution in [0.15, 0.2) is 0 Å². The van der Waals surface area contributed by atoms with Crippen molar-refractivity contribution >= 4 is 11.9 Å². The zero-order chi connectivity index (χ0) is 12.5. The lowest BCUT2D eigenvalue weighted by molar-refractivity contribution is -0.921. The zero-order valence-corrected chi connectivity index (χ0v) is 10.4. The molecule has 16 heavy (non-hydrogen) atoms. The van der Waals surface area contributed by atoms with Crippen molar-refractivity contribution in [1.82, 2.24) is 0 Å². The van der Waals surface area contributed by atoms with Crippen LogP contribution in [0.4, 0.5) is 0 Å². The smallest absolute Gasteiger partial charge is 0.414 e. The summed E-state index contributed by atoms with van der Waals surface area (Å²) >= 11 is 0. The number of carboxylic acids is 2. The van der Waals surface area contributed by atoms with E-state index in [0.717, 1.165) is 0 Å². The molecule has 0 amide bonds. The van der Waals surface area contributed by atoms with Gasteiger partial charge in [0.15, 0.2) is 0 Å². The summed E-state index contributed by atoms with van der Waals surface area (Å²) in [6, 6.07) is 0. The van der Waals surface area contributed by atoms with Crippen LogP contribution in [-0.4, -0.2) is 58.3 Å². The van der Waals surface area contributed by atoms with Crippen molar-refractivity contribution in [2.45, 2.75) is 27.7 Å². The van der Waals surface area contributed by atoms with Crippen LogP contribution >= 0.6 is 0 Å². The SMILES string of the molecule is CC[N+](CC)(CC)CC.O=C(O)C(=O)O.[OH-]. The molecule has 0 saturated heterocycles. The Morgan fingerprint density at radius 1 is 0.812 bits per heavy atom. The number of carbonyl (C=O) groups is 2. The van der Waals surface area contributed by atoms with Crippen molar-refractivity contribution < 1.29 is 29.8 Å². The first-order chi connectivity index (χ1) is 6.89. The molecule has 0 rings (SSSR count). The van der Waals surface area contributed by atoms with Crippen molar-refractivity contribution in [1.29, 1.82) is 0 Å². The molecule has 98 valence electrons. The molecular formula is C10H23NO5. The van der Waals surface area contributed by atoms with Gasteiger partial charge in [0.2, 0.25) is 0 Å². The minimum absolute atomic E-state index is 0. The van der Waals surface area contributed by atoms with Crippen molar-refractivity contribution in [3.05, 3.63) is 0 Å². The molecule has 0 spiro atoms. The van der Waals surface area contributed by atoms with Crippen molar-refractivity contribution in [2.75, 3.05) is 26.2 Å². The highest BCUT2D eigenvalue weighted by Crippen LogP contribution is 2.03. The highest BCUT2D eigenvalue weighted by Gasteiger charge is 2.16. The summed E-state index contributed by atoms with van der Waals surface area (Å²) in [5.74, 6) is -3.65. The zero-order valence-electron chi connectivity index (χ0n) is 10.4. The average molecular weight is 237 g/mol. The first-order valence-corrected chi connectivity index (χ1v) is 5.20. The van der Waals surface area contributed by atoms with Crippen molar-refractivity contribution in [2.24, 2.45) is 0 Å². The number of quaternary nitrogens is 1. The van der Waals surface area contributed by atoms with Crippen LogP contribution in [0.1, 0.15) is 27.7 Å². The fourth-order valence-corrected chi connectivity index (χ4v) is 1.34. The Hall–Kier alpha value is -1.14. The number of nitrogens with zero attached hydrogens (tertiary/aromatic N) is 1. The Labute approximate surface area is 96.4 Å². The van der Waals surface area contributed by atoms with Crippen LogP contribution < -0.4 is 0 Å². The third-order valence-electron chi connectivity index (χ3n) is 2.87. The molecule has 0 unspecified atom stereocenters. The van der Waals surface area contributed by atoms with E-state index in [4.69, 9.17) is 19.8 Å². The van der Waals surface area contributed by atoms with Crippen LogP contribution in [0.5, 0.6) is 0 Å². The predicted octanol–water partition coefficient (Wildman–Crippen LogP) is 0.862. The highest BCUT2D eigenvalue weighted by atomic mass is 16.4. The minimum atomic E-state index is -1.82. The van der Waals surface area contributed by atoms with Gasteiger partial charge < -0.3 is 20.2 Å². The maximum atomic E-state index is 9.10. The van der Waals surface area contributed by atoms with E-state index in [-0.39, 0.29) is 5.48 Å². The van der Waals surface area contributed by atoms with Gasteiger partial charge >= 0.3 is 11.9 Å². The van der Waals surface area contributed by atoms with E-state index in [1.807, 2.05) is 0 Å². The first-order valence-electron chi connectivity index (χ1n) is 5.20. The van der Waals surface area contributed by atoms with Gasteiger partial charge in [0, 0.05) is 0 Å². The minimum Gasteiger partial charge on any atom is -0.870 e. The Kier molecular flexibility index (Phi) is 13.2. The van der Waals surface area contributed by atoms with E-state index >= 15 is 0 Å². The Morgan fingerprint density at radius 2 is 1.00 bits per heavy atom. The van der Waals surface area contributed by atoms with Crippen LogP contribution in [0.25, 0.3) is 0 Å². The molecule has 3 N–H and O–H groups in total. The van der Waals surface area contributed by atoms with Gasteiger partial charge in [-0.25, -0.2) is 9.59 Å². The quantitative estimate of drug-likeness (QED) is 0.557. The lowest BCUT2D eigenvalue weighted by Crippen LogP contribution is -2.47. The van der Waals surface area contributed by atoms with Crippen LogP contribution in [-0.2, 0) is 9.59 Å². The third-order valence-corrected chi connectivity index (χ3v) is 2.87. The van der Waals surface area contributed by atoms with Gasteiger partial charge in [-0.15, -0.1) is 0 Å². The second-order valence-electron chi connectivity index (χ2n) is 3.22.